The van der Waals surface area contributed by atoms with E-state index in [1.807, 2.05) is 38.1 Å². The molecule has 0 N–H and O–H groups in total. The summed E-state index contributed by atoms with van der Waals surface area (Å²) in [7, 11) is 0. The predicted octanol–water partition coefficient (Wildman–Crippen LogP) is 2.89. The summed E-state index contributed by atoms with van der Waals surface area (Å²) in [6.45, 7) is 5.48. The highest BCUT2D eigenvalue weighted by Gasteiger charge is 2.29. The zero-order valence-electron chi connectivity index (χ0n) is 13.2. The number of rotatable bonds is 5. The van der Waals surface area contributed by atoms with Crippen LogP contribution in [0.5, 0.6) is 0 Å². The fourth-order valence-electron chi connectivity index (χ4n) is 2.53. The van der Waals surface area contributed by atoms with Gasteiger partial charge in [-0.3, -0.25) is 9.59 Å². The van der Waals surface area contributed by atoms with Crippen LogP contribution in [0.2, 0.25) is 0 Å². The molecule has 1 saturated heterocycles. The van der Waals surface area contributed by atoms with E-state index in [0.717, 1.165) is 24.3 Å². The van der Waals surface area contributed by atoms with Gasteiger partial charge in [0, 0.05) is 18.0 Å². The summed E-state index contributed by atoms with van der Waals surface area (Å²) in [6.07, 6.45) is 1.68. The Morgan fingerprint density at radius 2 is 2.05 bits per heavy atom. The maximum atomic E-state index is 12.3. The molecule has 4 nitrogen and oxygen atoms in total. The lowest BCUT2D eigenvalue weighted by atomic mass is 9.98. The molecule has 1 atom stereocenters. The highest BCUT2D eigenvalue weighted by atomic mass is 32.2. The van der Waals surface area contributed by atoms with Crippen molar-refractivity contribution in [2.45, 2.75) is 31.6 Å². The first kappa shape index (κ1) is 16.9. The van der Waals surface area contributed by atoms with E-state index in [-0.39, 0.29) is 17.8 Å². The van der Waals surface area contributed by atoms with Crippen molar-refractivity contribution >= 4 is 23.6 Å². The van der Waals surface area contributed by atoms with E-state index in [1.54, 1.807) is 16.7 Å². The molecule has 0 aromatic heterocycles. The lowest BCUT2D eigenvalue weighted by molar-refractivity contribution is -0.151. The van der Waals surface area contributed by atoms with Gasteiger partial charge >= 0.3 is 5.97 Å². The minimum atomic E-state index is -0.175. The Balaban J connectivity index is 1.83. The number of carbonyl (C=O) groups excluding carboxylic acids is 2. The topological polar surface area (TPSA) is 46.6 Å². The number of aryl methyl sites for hydroxylation is 1. The van der Waals surface area contributed by atoms with Crippen molar-refractivity contribution in [2.24, 2.45) is 5.92 Å². The third-order valence-electron chi connectivity index (χ3n) is 3.78. The molecular weight excluding hydrogens is 298 g/mol. The Hall–Kier alpha value is -1.49. The molecule has 1 aliphatic rings. The van der Waals surface area contributed by atoms with Crippen LogP contribution in [0.3, 0.4) is 0 Å². The van der Waals surface area contributed by atoms with E-state index >= 15 is 0 Å². The molecule has 0 bridgehead atoms. The molecule has 22 heavy (non-hydrogen) atoms. The second kappa shape index (κ2) is 8.22. The summed E-state index contributed by atoms with van der Waals surface area (Å²) >= 11 is 1.54. The van der Waals surface area contributed by atoms with E-state index in [4.69, 9.17) is 4.74 Å². The van der Waals surface area contributed by atoms with E-state index in [9.17, 15) is 9.59 Å². The Bertz CT molecular complexity index is 515. The molecule has 1 amide bonds. The van der Waals surface area contributed by atoms with Crippen molar-refractivity contribution in [3.05, 3.63) is 29.8 Å². The van der Waals surface area contributed by atoms with Crippen LogP contribution < -0.4 is 0 Å². The van der Waals surface area contributed by atoms with Gasteiger partial charge in [-0.05, 0) is 38.8 Å². The molecule has 0 unspecified atom stereocenters. The van der Waals surface area contributed by atoms with Gasteiger partial charge in [0.25, 0.3) is 0 Å². The van der Waals surface area contributed by atoms with Gasteiger partial charge in [-0.15, -0.1) is 11.8 Å². The normalized spacial score (nSPS) is 18.1. The number of benzene rings is 1. The quantitative estimate of drug-likeness (QED) is 0.618. The number of amides is 1. The first-order chi connectivity index (χ1) is 10.6. The van der Waals surface area contributed by atoms with Crippen LogP contribution in [0.4, 0.5) is 0 Å². The monoisotopic (exact) mass is 321 g/mol. The van der Waals surface area contributed by atoms with Crippen molar-refractivity contribution in [1.29, 1.82) is 0 Å². The van der Waals surface area contributed by atoms with Crippen LogP contribution in [0.1, 0.15) is 25.3 Å². The average Bonchev–Trinajstić information content (AvgIpc) is 2.54. The Kier molecular flexibility index (Phi) is 6.31. The third-order valence-corrected chi connectivity index (χ3v) is 4.77. The second-order valence-electron chi connectivity index (χ2n) is 5.53. The van der Waals surface area contributed by atoms with Gasteiger partial charge in [-0.2, -0.15) is 0 Å². The summed E-state index contributed by atoms with van der Waals surface area (Å²) in [5, 5.41) is 0. The highest BCUT2D eigenvalue weighted by Crippen LogP contribution is 2.22. The van der Waals surface area contributed by atoms with Gasteiger partial charge in [0.05, 0.1) is 18.3 Å². The molecule has 1 aromatic rings. The molecule has 5 heteroatoms. The van der Waals surface area contributed by atoms with E-state index in [2.05, 4.69) is 0 Å². The number of hydrogen-bond acceptors (Lipinski definition) is 4. The fourth-order valence-corrected chi connectivity index (χ4v) is 3.33. The summed E-state index contributed by atoms with van der Waals surface area (Å²) in [5.41, 5.74) is 1.21. The first-order valence-electron chi connectivity index (χ1n) is 7.74. The van der Waals surface area contributed by atoms with Crippen molar-refractivity contribution in [1.82, 2.24) is 4.90 Å². The lowest BCUT2D eigenvalue weighted by Gasteiger charge is -2.31. The Morgan fingerprint density at radius 3 is 2.73 bits per heavy atom. The third kappa shape index (κ3) is 4.77. The van der Waals surface area contributed by atoms with Crippen LogP contribution in [-0.4, -0.2) is 42.2 Å². The summed E-state index contributed by atoms with van der Waals surface area (Å²) in [5.74, 6) is 0.172. The van der Waals surface area contributed by atoms with Gasteiger partial charge in [0.1, 0.15) is 0 Å². The Labute approximate surface area is 136 Å². The average molecular weight is 321 g/mol. The lowest BCUT2D eigenvalue weighted by Crippen LogP contribution is -2.43. The van der Waals surface area contributed by atoms with Crippen LogP contribution in [-0.2, 0) is 14.3 Å². The van der Waals surface area contributed by atoms with Gasteiger partial charge < -0.3 is 9.64 Å². The summed E-state index contributed by atoms with van der Waals surface area (Å²) in [4.78, 5) is 27.0. The number of thioether (sulfide) groups is 1. The number of nitrogens with zero attached hydrogens (tertiary/aromatic N) is 1. The maximum Gasteiger partial charge on any atom is 0.310 e. The zero-order chi connectivity index (χ0) is 15.9. The second-order valence-corrected chi connectivity index (χ2v) is 6.58. The molecule has 0 radical (unpaired) electrons. The van der Waals surface area contributed by atoms with Crippen molar-refractivity contribution < 1.29 is 14.3 Å². The van der Waals surface area contributed by atoms with E-state index < -0.39 is 0 Å². The molecule has 2 rings (SSSR count). The highest BCUT2D eigenvalue weighted by molar-refractivity contribution is 8.00. The standard InChI is InChI=1S/C17H23NO3S/c1-3-21-17(20)14-5-4-10-18(11-14)16(19)12-22-15-8-6-13(2)7-9-15/h6-9,14H,3-5,10-12H2,1-2H3/t14-/m0/s1. The van der Waals surface area contributed by atoms with E-state index in [1.165, 1.54) is 5.56 Å². The smallest absolute Gasteiger partial charge is 0.310 e. The van der Waals surface area contributed by atoms with Crippen LogP contribution in [0.15, 0.2) is 29.2 Å². The molecule has 1 aromatic carbocycles. The Morgan fingerprint density at radius 1 is 1.32 bits per heavy atom. The number of carbonyl (C=O) groups is 2. The van der Waals surface area contributed by atoms with Gasteiger partial charge in [0.15, 0.2) is 0 Å². The molecule has 1 aliphatic heterocycles. The number of ether oxygens (including phenoxy) is 1. The minimum absolute atomic E-state index is 0.0968. The fraction of sp³-hybridized carbons (Fsp3) is 0.529. The van der Waals surface area contributed by atoms with Gasteiger partial charge in [-0.1, -0.05) is 17.7 Å². The molecule has 0 saturated carbocycles. The summed E-state index contributed by atoms with van der Waals surface area (Å²) < 4.78 is 5.07. The van der Waals surface area contributed by atoms with Crippen LogP contribution in [0.25, 0.3) is 0 Å². The zero-order valence-corrected chi connectivity index (χ0v) is 14.0. The van der Waals surface area contributed by atoms with Gasteiger partial charge in [-0.25, -0.2) is 0 Å². The van der Waals surface area contributed by atoms with Crippen molar-refractivity contribution in [2.75, 3.05) is 25.4 Å². The number of likely N-dealkylation sites (tertiary alicyclic amines) is 1. The molecule has 0 spiro atoms. The summed E-state index contributed by atoms with van der Waals surface area (Å²) in [6, 6.07) is 8.16. The predicted molar refractivity (Wildman–Crippen MR) is 87.8 cm³/mol. The SMILES string of the molecule is CCOC(=O)[C@H]1CCCN(C(=O)CSc2ccc(C)cc2)C1. The van der Waals surface area contributed by atoms with Crippen LogP contribution in [0, 0.1) is 12.8 Å². The van der Waals surface area contributed by atoms with Crippen LogP contribution >= 0.6 is 11.8 Å². The number of esters is 1. The molecule has 120 valence electrons. The van der Waals surface area contributed by atoms with Crippen molar-refractivity contribution in [3.63, 3.8) is 0 Å². The number of piperidine rings is 1. The maximum absolute atomic E-state index is 12.3. The van der Waals surface area contributed by atoms with E-state index in [0.29, 0.717) is 18.9 Å². The minimum Gasteiger partial charge on any atom is -0.466 e. The largest absolute Gasteiger partial charge is 0.466 e. The molecule has 1 heterocycles. The van der Waals surface area contributed by atoms with Crippen molar-refractivity contribution in [3.8, 4) is 0 Å². The molecule has 0 aliphatic carbocycles. The molecular formula is C17H23NO3S. The molecule has 1 fully saturated rings. The number of hydrogen-bond donors (Lipinski definition) is 0. The van der Waals surface area contributed by atoms with Gasteiger partial charge in [0.2, 0.25) is 5.91 Å². The first-order valence-corrected chi connectivity index (χ1v) is 8.72.